The second-order valence-corrected chi connectivity index (χ2v) is 5.67. The first-order chi connectivity index (χ1) is 10.1. The number of hydrogen-bond donors (Lipinski definition) is 1. The number of carbonyl (C=O) groups is 1. The van der Waals surface area contributed by atoms with Gasteiger partial charge in [0.2, 0.25) is 5.91 Å². The zero-order valence-electron chi connectivity index (χ0n) is 11.6. The SMILES string of the molecule is O=C(/C=C/c1c(Cl)cccc1Cl)N1CCN(CCO)CC1. The maximum absolute atomic E-state index is 12.1. The number of piperazine rings is 1. The molecule has 6 heteroatoms. The predicted molar refractivity (Wildman–Crippen MR) is 85.6 cm³/mol. The molecule has 0 saturated carbocycles. The summed E-state index contributed by atoms with van der Waals surface area (Å²) >= 11 is 12.1. The van der Waals surface area contributed by atoms with Gasteiger partial charge in [-0.2, -0.15) is 0 Å². The molecule has 0 bridgehead atoms. The van der Waals surface area contributed by atoms with E-state index in [1.54, 1.807) is 29.2 Å². The molecule has 1 aromatic carbocycles. The van der Waals surface area contributed by atoms with E-state index in [-0.39, 0.29) is 12.5 Å². The van der Waals surface area contributed by atoms with Crippen LogP contribution in [-0.2, 0) is 4.79 Å². The molecular weight excluding hydrogens is 311 g/mol. The predicted octanol–water partition coefficient (Wildman–Crippen LogP) is 2.14. The lowest BCUT2D eigenvalue weighted by molar-refractivity contribution is -0.127. The first kappa shape index (κ1) is 16.3. The molecule has 1 aliphatic heterocycles. The molecule has 0 radical (unpaired) electrons. The third-order valence-electron chi connectivity index (χ3n) is 3.49. The molecule has 0 aromatic heterocycles. The number of rotatable bonds is 4. The number of β-amino-alcohol motifs (C(OH)–C–C–N with tert-alkyl or cyclic N) is 1. The Balaban J connectivity index is 1.95. The summed E-state index contributed by atoms with van der Waals surface area (Å²) in [5.74, 6) is -0.0466. The van der Waals surface area contributed by atoms with Gasteiger partial charge in [0.1, 0.15) is 0 Å². The van der Waals surface area contributed by atoms with E-state index < -0.39 is 0 Å². The van der Waals surface area contributed by atoms with Gasteiger partial charge in [0.05, 0.1) is 6.61 Å². The maximum Gasteiger partial charge on any atom is 0.246 e. The molecular formula is C15H18Cl2N2O2. The molecule has 114 valence electrons. The van der Waals surface area contributed by atoms with Crippen molar-refractivity contribution in [3.63, 3.8) is 0 Å². The van der Waals surface area contributed by atoms with Crippen LogP contribution >= 0.6 is 23.2 Å². The third-order valence-corrected chi connectivity index (χ3v) is 4.15. The Bertz CT molecular complexity index is 506. The lowest BCUT2D eigenvalue weighted by Gasteiger charge is -2.33. The van der Waals surface area contributed by atoms with Crippen LogP contribution < -0.4 is 0 Å². The molecule has 1 aliphatic rings. The minimum absolute atomic E-state index is 0.0466. The Morgan fingerprint density at radius 2 is 1.81 bits per heavy atom. The second-order valence-electron chi connectivity index (χ2n) is 4.86. The van der Waals surface area contributed by atoms with Crippen molar-refractivity contribution >= 4 is 35.2 Å². The number of aliphatic hydroxyl groups is 1. The van der Waals surface area contributed by atoms with Gasteiger partial charge in [0, 0.05) is 54.4 Å². The molecule has 0 aliphatic carbocycles. The summed E-state index contributed by atoms with van der Waals surface area (Å²) in [5, 5.41) is 9.95. The van der Waals surface area contributed by atoms with E-state index in [0.717, 1.165) is 13.1 Å². The molecule has 0 spiro atoms. The van der Waals surface area contributed by atoms with E-state index in [1.807, 2.05) is 0 Å². The summed E-state index contributed by atoms with van der Waals surface area (Å²) in [6.07, 6.45) is 3.17. The van der Waals surface area contributed by atoms with Crippen LogP contribution in [-0.4, -0.2) is 60.1 Å². The summed E-state index contributed by atoms with van der Waals surface area (Å²) in [5.41, 5.74) is 0.660. The number of aliphatic hydroxyl groups excluding tert-OH is 1. The quantitative estimate of drug-likeness (QED) is 0.861. The normalized spacial score (nSPS) is 16.6. The average Bonchev–Trinajstić information content (AvgIpc) is 2.47. The van der Waals surface area contributed by atoms with Gasteiger partial charge in [-0.05, 0) is 18.2 Å². The molecule has 1 amide bonds. The fourth-order valence-electron chi connectivity index (χ4n) is 2.26. The van der Waals surface area contributed by atoms with Gasteiger partial charge in [-0.25, -0.2) is 0 Å². The molecule has 1 heterocycles. The topological polar surface area (TPSA) is 43.8 Å². The Kier molecular flexibility index (Phi) is 6.06. The monoisotopic (exact) mass is 328 g/mol. The Morgan fingerprint density at radius 3 is 2.38 bits per heavy atom. The van der Waals surface area contributed by atoms with Crippen LogP contribution in [0.1, 0.15) is 5.56 Å². The number of benzene rings is 1. The van der Waals surface area contributed by atoms with Gasteiger partial charge in [0.15, 0.2) is 0 Å². The molecule has 4 nitrogen and oxygen atoms in total. The summed E-state index contributed by atoms with van der Waals surface area (Å²) in [6, 6.07) is 5.25. The van der Waals surface area contributed by atoms with Crippen LogP contribution in [0.4, 0.5) is 0 Å². The van der Waals surface area contributed by atoms with E-state index >= 15 is 0 Å². The van der Waals surface area contributed by atoms with E-state index in [0.29, 0.717) is 35.2 Å². The van der Waals surface area contributed by atoms with Crippen LogP contribution in [0, 0.1) is 0 Å². The van der Waals surface area contributed by atoms with E-state index in [9.17, 15) is 4.79 Å². The average molecular weight is 329 g/mol. The minimum Gasteiger partial charge on any atom is -0.395 e. The summed E-state index contributed by atoms with van der Waals surface area (Å²) < 4.78 is 0. The first-order valence-electron chi connectivity index (χ1n) is 6.86. The van der Waals surface area contributed by atoms with Crippen molar-refractivity contribution < 1.29 is 9.90 Å². The van der Waals surface area contributed by atoms with Crippen molar-refractivity contribution in [2.24, 2.45) is 0 Å². The highest BCUT2D eigenvalue weighted by atomic mass is 35.5. The van der Waals surface area contributed by atoms with Crippen LogP contribution in [0.2, 0.25) is 10.0 Å². The largest absolute Gasteiger partial charge is 0.395 e. The van der Waals surface area contributed by atoms with Crippen LogP contribution in [0.15, 0.2) is 24.3 Å². The Morgan fingerprint density at radius 1 is 1.19 bits per heavy atom. The van der Waals surface area contributed by atoms with E-state index in [1.165, 1.54) is 6.08 Å². The van der Waals surface area contributed by atoms with Gasteiger partial charge in [-0.3, -0.25) is 9.69 Å². The highest BCUT2D eigenvalue weighted by Gasteiger charge is 2.19. The third kappa shape index (κ3) is 4.45. The van der Waals surface area contributed by atoms with Crippen molar-refractivity contribution in [2.75, 3.05) is 39.3 Å². The number of amides is 1. The molecule has 0 atom stereocenters. The zero-order chi connectivity index (χ0) is 15.2. The maximum atomic E-state index is 12.1. The van der Waals surface area contributed by atoms with Crippen molar-refractivity contribution in [2.45, 2.75) is 0 Å². The number of carbonyl (C=O) groups excluding carboxylic acids is 1. The van der Waals surface area contributed by atoms with E-state index in [4.69, 9.17) is 28.3 Å². The molecule has 1 aromatic rings. The molecule has 1 N–H and O–H groups in total. The lowest BCUT2D eigenvalue weighted by Crippen LogP contribution is -2.48. The van der Waals surface area contributed by atoms with Crippen LogP contribution in [0.5, 0.6) is 0 Å². The van der Waals surface area contributed by atoms with Crippen LogP contribution in [0.25, 0.3) is 6.08 Å². The second kappa shape index (κ2) is 7.80. The summed E-state index contributed by atoms with van der Waals surface area (Å²) in [7, 11) is 0. The van der Waals surface area contributed by atoms with Crippen molar-refractivity contribution in [3.8, 4) is 0 Å². The zero-order valence-corrected chi connectivity index (χ0v) is 13.1. The summed E-state index contributed by atoms with van der Waals surface area (Å²) in [6.45, 7) is 3.71. The molecule has 2 rings (SSSR count). The van der Waals surface area contributed by atoms with Gasteiger partial charge >= 0.3 is 0 Å². The highest BCUT2D eigenvalue weighted by molar-refractivity contribution is 6.37. The van der Waals surface area contributed by atoms with Gasteiger partial charge in [0.25, 0.3) is 0 Å². The van der Waals surface area contributed by atoms with Gasteiger partial charge in [-0.15, -0.1) is 0 Å². The van der Waals surface area contributed by atoms with Crippen LogP contribution in [0.3, 0.4) is 0 Å². The summed E-state index contributed by atoms with van der Waals surface area (Å²) in [4.78, 5) is 16.1. The van der Waals surface area contributed by atoms with Gasteiger partial charge < -0.3 is 10.0 Å². The van der Waals surface area contributed by atoms with Crippen molar-refractivity contribution in [1.29, 1.82) is 0 Å². The number of halogens is 2. The number of nitrogens with zero attached hydrogens (tertiary/aromatic N) is 2. The standard InChI is InChI=1S/C15H18Cl2N2O2/c16-13-2-1-3-14(17)12(13)4-5-15(21)19-8-6-18(7-9-19)10-11-20/h1-5,20H,6-11H2/b5-4+. The Hall–Kier alpha value is -1.07. The molecule has 1 saturated heterocycles. The highest BCUT2D eigenvalue weighted by Crippen LogP contribution is 2.25. The number of hydrogen-bond acceptors (Lipinski definition) is 3. The molecule has 21 heavy (non-hydrogen) atoms. The Labute approximate surface area is 134 Å². The fraction of sp³-hybridized carbons (Fsp3) is 0.400. The van der Waals surface area contributed by atoms with Gasteiger partial charge in [-0.1, -0.05) is 29.3 Å². The molecule has 1 fully saturated rings. The van der Waals surface area contributed by atoms with Crippen molar-refractivity contribution in [3.05, 3.63) is 39.9 Å². The minimum atomic E-state index is -0.0466. The fourth-order valence-corrected chi connectivity index (χ4v) is 2.79. The van der Waals surface area contributed by atoms with E-state index in [2.05, 4.69) is 4.90 Å². The lowest BCUT2D eigenvalue weighted by atomic mass is 10.2. The smallest absolute Gasteiger partial charge is 0.246 e. The molecule has 0 unspecified atom stereocenters. The van der Waals surface area contributed by atoms with Crippen molar-refractivity contribution in [1.82, 2.24) is 9.80 Å². The first-order valence-corrected chi connectivity index (χ1v) is 7.61.